The van der Waals surface area contributed by atoms with Gasteiger partial charge in [-0.3, -0.25) is 9.59 Å². The molecule has 1 aromatic heterocycles. The van der Waals surface area contributed by atoms with Crippen molar-refractivity contribution in [1.29, 1.82) is 0 Å². The number of pyridine rings is 1. The molecule has 0 radical (unpaired) electrons. The summed E-state index contributed by atoms with van der Waals surface area (Å²) in [4.78, 5) is 28.9. The number of carbonyl (C=O) groups is 2. The second kappa shape index (κ2) is 7.78. The van der Waals surface area contributed by atoms with Gasteiger partial charge in [0.15, 0.2) is 0 Å². The molecule has 0 spiro atoms. The molecule has 0 saturated heterocycles. The van der Waals surface area contributed by atoms with Crippen LogP contribution >= 0.6 is 0 Å². The van der Waals surface area contributed by atoms with Gasteiger partial charge in [0.05, 0.1) is 5.69 Å². The summed E-state index contributed by atoms with van der Waals surface area (Å²) in [6, 6.07) is 16.1. The van der Waals surface area contributed by atoms with Gasteiger partial charge in [0.25, 0.3) is 11.8 Å². The lowest BCUT2D eigenvalue weighted by atomic mass is 10.1. The van der Waals surface area contributed by atoms with Crippen LogP contribution < -0.4 is 10.6 Å². The highest BCUT2D eigenvalue weighted by atomic mass is 19.1. The summed E-state index contributed by atoms with van der Waals surface area (Å²) >= 11 is 0. The normalized spacial score (nSPS) is 10.3. The number of carbonyl (C=O) groups excluding carboxylic acids is 2. The third-order valence-electron chi connectivity index (χ3n) is 3.82. The van der Waals surface area contributed by atoms with Crippen molar-refractivity contribution in [1.82, 2.24) is 4.98 Å². The number of rotatable bonds is 4. The number of aromatic nitrogens is 1. The molecule has 3 aromatic rings. The zero-order valence-electron chi connectivity index (χ0n) is 14.9. The first-order chi connectivity index (χ1) is 12.9. The maximum Gasteiger partial charge on any atom is 0.274 e. The topological polar surface area (TPSA) is 71.1 Å². The summed E-state index contributed by atoms with van der Waals surface area (Å²) in [6.45, 7) is 3.88. The van der Waals surface area contributed by atoms with E-state index in [2.05, 4.69) is 15.6 Å². The summed E-state index contributed by atoms with van der Waals surface area (Å²) in [5, 5.41) is 5.22. The highest BCUT2D eigenvalue weighted by molar-refractivity contribution is 6.06. The van der Waals surface area contributed by atoms with Crippen molar-refractivity contribution < 1.29 is 14.0 Å². The van der Waals surface area contributed by atoms with Gasteiger partial charge in [-0.2, -0.15) is 0 Å². The molecular weight excluding hydrogens is 345 g/mol. The minimum absolute atomic E-state index is 0.0197. The van der Waals surface area contributed by atoms with E-state index < -0.39 is 17.6 Å². The zero-order chi connectivity index (χ0) is 19.4. The number of nitrogens with zero attached hydrogens (tertiary/aromatic N) is 1. The molecular formula is C21H18FN3O2. The summed E-state index contributed by atoms with van der Waals surface area (Å²) in [6.07, 6.45) is 0. The van der Waals surface area contributed by atoms with E-state index in [9.17, 15) is 14.0 Å². The second-order valence-electron chi connectivity index (χ2n) is 6.17. The van der Waals surface area contributed by atoms with Gasteiger partial charge in [-0.1, -0.05) is 24.3 Å². The monoisotopic (exact) mass is 363 g/mol. The van der Waals surface area contributed by atoms with Crippen molar-refractivity contribution in [2.75, 3.05) is 10.6 Å². The number of halogens is 1. The van der Waals surface area contributed by atoms with Gasteiger partial charge in [0, 0.05) is 5.69 Å². The van der Waals surface area contributed by atoms with Crippen LogP contribution in [-0.4, -0.2) is 16.8 Å². The molecule has 0 bridgehead atoms. The van der Waals surface area contributed by atoms with E-state index in [4.69, 9.17) is 0 Å². The van der Waals surface area contributed by atoms with Gasteiger partial charge in [-0.15, -0.1) is 0 Å². The van der Waals surface area contributed by atoms with Crippen LogP contribution in [0.5, 0.6) is 0 Å². The molecule has 0 unspecified atom stereocenters. The van der Waals surface area contributed by atoms with Crippen molar-refractivity contribution in [3.63, 3.8) is 0 Å². The molecule has 0 atom stereocenters. The number of amides is 2. The molecule has 0 aliphatic heterocycles. The molecule has 6 heteroatoms. The van der Waals surface area contributed by atoms with Crippen LogP contribution in [0, 0.1) is 19.7 Å². The Morgan fingerprint density at radius 1 is 0.815 bits per heavy atom. The van der Waals surface area contributed by atoms with Crippen molar-refractivity contribution >= 4 is 23.2 Å². The van der Waals surface area contributed by atoms with E-state index >= 15 is 0 Å². The summed E-state index contributed by atoms with van der Waals surface area (Å²) in [7, 11) is 0. The van der Waals surface area contributed by atoms with Crippen LogP contribution in [0.25, 0.3) is 0 Å². The molecule has 2 N–H and O–H groups in total. The van der Waals surface area contributed by atoms with Crippen LogP contribution in [-0.2, 0) is 0 Å². The van der Waals surface area contributed by atoms with E-state index in [1.807, 2.05) is 32.0 Å². The average Bonchev–Trinajstić information content (AvgIpc) is 2.63. The molecule has 0 saturated carbocycles. The molecule has 2 amide bonds. The Morgan fingerprint density at radius 3 is 2.04 bits per heavy atom. The Kier molecular flexibility index (Phi) is 5.26. The Balaban J connectivity index is 1.77. The number of aryl methyl sites for hydroxylation is 2. The first-order valence-electron chi connectivity index (χ1n) is 8.35. The van der Waals surface area contributed by atoms with Gasteiger partial charge >= 0.3 is 0 Å². The fourth-order valence-corrected chi connectivity index (χ4v) is 2.68. The van der Waals surface area contributed by atoms with E-state index in [-0.39, 0.29) is 17.1 Å². The van der Waals surface area contributed by atoms with E-state index in [1.165, 1.54) is 30.3 Å². The largest absolute Gasteiger partial charge is 0.321 e. The highest BCUT2D eigenvalue weighted by Crippen LogP contribution is 2.16. The first-order valence-corrected chi connectivity index (χ1v) is 8.35. The van der Waals surface area contributed by atoms with Gasteiger partial charge < -0.3 is 10.6 Å². The molecule has 0 aliphatic rings. The molecule has 2 aromatic carbocycles. The van der Waals surface area contributed by atoms with Gasteiger partial charge in [0.2, 0.25) is 0 Å². The Labute approximate surface area is 156 Å². The fourth-order valence-electron chi connectivity index (χ4n) is 2.68. The third-order valence-corrected chi connectivity index (χ3v) is 3.82. The van der Waals surface area contributed by atoms with Crippen LogP contribution in [0.3, 0.4) is 0 Å². The SMILES string of the molecule is Cc1cc(C)cc(NC(=O)c2cccc(C(=O)Nc3ccccc3F)n2)c1. The summed E-state index contributed by atoms with van der Waals surface area (Å²) in [5.41, 5.74) is 2.86. The van der Waals surface area contributed by atoms with Crippen molar-refractivity contribution in [2.24, 2.45) is 0 Å². The quantitative estimate of drug-likeness (QED) is 0.724. The van der Waals surface area contributed by atoms with Crippen LogP contribution in [0.15, 0.2) is 60.7 Å². The second-order valence-corrected chi connectivity index (χ2v) is 6.17. The predicted octanol–water partition coefficient (Wildman–Crippen LogP) is 4.34. The van der Waals surface area contributed by atoms with Crippen LogP contribution in [0.1, 0.15) is 32.1 Å². The van der Waals surface area contributed by atoms with Gasteiger partial charge in [0.1, 0.15) is 17.2 Å². The number of anilines is 2. The standard InChI is InChI=1S/C21H18FN3O2/c1-13-10-14(2)12-15(11-13)23-20(26)18-8-5-9-19(24-18)21(27)25-17-7-4-3-6-16(17)22/h3-12H,1-2H3,(H,23,26)(H,25,27). The molecule has 5 nitrogen and oxygen atoms in total. The Hall–Kier alpha value is -3.54. The van der Waals surface area contributed by atoms with E-state index in [1.54, 1.807) is 12.1 Å². The number of hydrogen-bond donors (Lipinski definition) is 2. The number of nitrogens with one attached hydrogen (secondary N) is 2. The Bertz CT molecular complexity index is 998. The van der Waals surface area contributed by atoms with Gasteiger partial charge in [-0.05, 0) is 61.4 Å². The zero-order valence-corrected chi connectivity index (χ0v) is 14.9. The highest BCUT2D eigenvalue weighted by Gasteiger charge is 2.14. The molecule has 1 heterocycles. The number of benzene rings is 2. The van der Waals surface area contributed by atoms with Crippen LogP contribution in [0.4, 0.5) is 15.8 Å². The Morgan fingerprint density at radius 2 is 1.41 bits per heavy atom. The molecule has 0 fully saturated rings. The predicted molar refractivity (Wildman–Crippen MR) is 102 cm³/mol. The first kappa shape index (κ1) is 18.3. The number of hydrogen-bond acceptors (Lipinski definition) is 3. The maximum atomic E-state index is 13.7. The van der Waals surface area contributed by atoms with Crippen molar-refractivity contribution in [2.45, 2.75) is 13.8 Å². The lowest BCUT2D eigenvalue weighted by molar-refractivity contribution is 0.101. The smallest absolute Gasteiger partial charge is 0.274 e. The van der Waals surface area contributed by atoms with Crippen molar-refractivity contribution in [3.05, 3.63) is 89.0 Å². The lowest BCUT2D eigenvalue weighted by Gasteiger charge is -2.09. The molecule has 136 valence electrons. The third kappa shape index (κ3) is 4.55. The van der Waals surface area contributed by atoms with E-state index in [0.29, 0.717) is 5.69 Å². The maximum absolute atomic E-state index is 13.7. The van der Waals surface area contributed by atoms with Gasteiger partial charge in [-0.25, -0.2) is 9.37 Å². The summed E-state index contributed by atoms with van der Waals surface area (Å²) < 4.78 is 13.7. The molecule has 27 heavy (non-hydrogen) atoms. The lowest BCUT2D eigenvalue weighted by Crippen LogP contribution is -2.19. The van der Waals surface area contributed by atoms with Crippen LogP contribution in [0.2, 0.25) is 0 Å². The number of para-hydroxylation sites is 1. The summed E-state index contributed by atoms with van der Waals surface area (Å²) in [5.74, 6) is -1.57. The minimum Gasteiger partial charge on any atom is -0.321 e. The minimum atomic E-state index is -0.596. The van der Waals surface area contributed by atoms with E-state index in [0.717, 1.165) is 11.1 Å². The molecule has 3 rings (SSSR count). The van der Waals surface area contributed by atoms with Crippen molar-refractivity contribution in [3.8, 4) is 0 Å². The average molecular weight is 363 g/mol. The molecule has 0 aliphatic carbocycles. The fraction of sp³-hybridized carbons (Fsp3) is 0.0952.